The van der Waals surface area contributed by atoms with Crippen LogP contribution in [-0.4, -0.2) is 25.8 Å². The maximum absolute atomic E-state index is 13.5. The van der Waals surface area contributed by atoms with Gasteiger partial charge in [0.05, 0.1) is 17.8 Å². The number of halogens is 2. The molecule has 0 amide bonds. The number of nitrogens with zero attached hydrogens (tertiary/aromatic N) is 3. The van der Waals surface area contributed by atoms with E-state index in [0.717, 1.165) is 0 Å². The summed E-state index contributed by atoms with van der Waals surface area (Å²) in [5, 5.41) is 17.0. The van der Waals surface area contributed by atoms with E-state index in [0.29, 0.717) is 16.4 Å². The molecule has 6 nitrogen and oxygen atoms in total. The molecule has 0 fully saturated rings. The van der Waals surface area contributed by atoms with Gasteiger partial charge in [-0.15, -0.1) is 0 Å². The minimum atomic E-state index is -4.43. The van der Waals surface area contributed by atoms with Crippen molar-refractivity contribution in [3.05, 3.63) is 23.8 Å². The van der Waals surface area contributed by atoms with Crippen LogP contribution in [-0.2, 0) is 10.0 Å². The van der Waals surface area contributed by atoms with Gasteiger partial charge in [-0.05, 0) is 6.07 Å². The summed E-state index contributed by atoms with van der Waals surface area (Å²) in [5.41, 5.74) is 4.63. The fraction of sp³-hybridized carbons (Fsp3) is 0.200. The van der Waals surface area contributed by atoms with Crippen LogP contribution in [0.25, 0.3) is 0 Å². The number of nitriles is 2. The van der Waals surface area contributed by atoms with Crippen molar-refractivity contribution in [3.8, 4) is 12.1 Å². The van der Waals surface area contributed by atoms with E-state index in [1.165, 1.54) is 0 Å². The lowest BCUT2D eigenvalue weighted by Crippen LogP contribution is -2.32. The average Bonchev–Trinajstić information content (AvgIpc) is 2.33. The van der Waals surface area contributed by atoms with Gasteiger partial charge in [-0.3, -0.25) is 0 Å². The smallest absolute Gasteiger partial charge is 0.247 e. The molecule has 2 N–H and O–H groups in total. The molecule has 0 radical (unpaired) electrons. The van der Waals surface area contributed by atoms with E-state index < -0.39 is 45.3 Å². The van der Waals surface area contributed by atoms with Crippen molar-refractivity contribution in [2.24, 2.45) is 0 Å². The van der Waals surface area contributed by atoms with Gasteiger partial charge in [0.1, 0.15) is 29.6 Å². The Morgan fingerprint density at radius 3 is 2.16 bits per heavy atom. The number of rotatable bonds is 4. The zero-order valence-electron chi connectivity index (χ0n) is 9.47. The highest BCUT2D eigenvalue weighted by atomic mass is 32.2. The Bertz CT molecular complexity index is 660. The molecule has 0 saturated heterocycles. The highest BCUT2D eigenvalue weighted by Gasteiger charge is 2.28. The van der Waals surface area contributed by atoms with Gasteiger partial charge in [-0.1, -0.05) is 0 Å². The average molecular weight is 286 g/mol. The van der Waals surface area contributed by atoms with Gasteiger partial charge in [0.15, 0.2) is 0 Å². The van der Waals surface area contributed by atoms with Crippen LogP contribution in [0.15, 0.2) is 17.0 Å². The number of hydrogen-bond acceptors (Lipinski definition) is 5. The number of hydrogen-bond donors (Lipinski definition) is 1. The standard InChI is InChI=1S/C10H8F2N4O2S/c11-7-5-8(12)10(6-9(7)15)19(17,18)16(3-1-13)4-2-14/h5-6H,3-4,15H2. The van der Waals surface area contributed by atoms with E-state index >= 15 is 0 Å². The molecule has 1 aromatic rings. The summed E-state index contributed by atoms with van der Waals surface area (Å²) in [4.78, 5) is -0.878. The van der Waals surface area contributed by atoms with Gasteiger partial charge in [0, 0.05) is 6.07 Å². The van der Waals surface area contributed by atoms with Crippen molar-refractivity contribution in [3.63, 3.8) is 0 Å². The Kier molecular flexibility index (Phi) is 4.38. The zero-order chi connectivity index (χ0) is 14.6. The molecule has 0 aliphatic carbocycles. The number of sulfonamides is 1. The summed E-state index contributed by atoms with van der Waals surface area (Å²) < 4.78 is 50.9. The summed E-state index contributed by atoms with van der Waals surface area (Å²) in [6.45, 7) is -1.26. The normalized spacial score (nSPS) is 11.0. The molecule has 100 valence electrons. The summed E-state index contributed by atoms with van der Waals surface area (Å²) in [5.74, 6) is -2.43. The molecule has 1 aromatic carbocycles. The molecular formula is C10H8F2N4O2S. The fourth-order valence-corrected chi connectivity index (χ4v) is 2.58. The van der Waals surface area contributed by atoms with Crippen molar-refractivity contribution in [1.29, 1.82) is 10.5 Å². The summed E-state index contributed by atoms with van der Waals surface area (Å²) in [7, 11) is -4.43. The Balaban J connectivity index is 3.38. The van der Waals surface area contributed by atoms with Crippen molar-refractivity contribution >= 4 is 15.7 Å². The van der Waals surface area contributed by atoms with Gasteiger partial charge >= 0.3 is 0 Å². The van der Waals surface area contributed by atoms with Gasteiger partial charge in [-0.2, -0.15) is 14.8 Å². The highest BCUT2D eigenvalue weighted by molar-refractivity contribution is 7.89. The lowest BCUT2D eigenvalue weighted by atomic mass is 10.3. The van der Waals surface area contributed by atoms with Gasteiger partial charge in [0.25, 0.3) is 0 Å². The molecule has 0 unspecified atom stereocenters. The molecular weight excluding hydrogens is 278 g/mol. The van der Waals surface area contributed by atoms with E-state index in [9.17, 15) is 17.2 Å². The van der Waals surface area contributed by atoms with E-state index in [1.807, 2.05) is 0 Å². The lowest BCUT2D eigenvalue weighted by Gasteiger charge is -2.16. The van der Waals surface area contributed by atoms with Gasteiger partial charge in [-0.25, -0.2) is 17.2 Å². The minimum absolute atomic E-state index is 0.332. The second-order valence-corrected chi connectivity index (χ2v) is 5.30. The van der Waals surface area contributed by atoms with Crippen LogP contribution in [0.5, 0.6) is 0 Å². The van der Waals surface area contributed by atoms with Crippen LogP contribution >= 0.6 is 0 Å². The van der Waals surface area contributed by atoms with Crippen LogP contribution in [0.2, 0.25) is 0 Å². The largest absolute Gasteiger partial charge is 0.396 e. The predicted octanol–water partition coefficient (Wildman–Crippen LogP) is 0.585. The molecule has 0 heterocycles. The third kappa shape index (κ3) is 2.96. The minimum Gasteiger partial charge on any atom is -0.396 e. The molecule has 0 aliphatic heterocycles. The van der Waals surface area contributed by atoms with E-state index in [-0.39, 0.29) is 0 Å². The van der Waals surface area contributed by atoms with Crippen LogP contribution in [0.4, 0.5) is 14.5 Å². The molecule has 0 spiro atoms. The number of anilines is 1. The topological polar surface area (TPSA) is 111 Å². The maximum Gasteiger partial charge on any atom is 0.247 e. The fourth-order valence-electron chi connectivity index (χ4n) is 1.27. The molecule has 9 heteroatoms. The Hall–Kier alpha value is -2.23. The van der Waals surface area contributed by atoms with Crippen molar-refractivity contribution in [2.45, 2.75) is 4.90 Å². The predicted molar refractivity (Wildman–Crippen MR) is 60.8 cm³/mol. The maximum atomic E-state index is 13.5. The van der Waals surface area contributed by atoms with E-state index in [1.54, 1.807) is 12.1 Å². The molecule has 1 rings (SSSR count). The monoisotopic (exact) mass is 286 g/mol. The summed E-state index contributed by atoms with van der Waals surface area (Å²) >= 11 is 0. The summed E-state index contributed by atoms with van der Waals surface area (Å²) in [6, 6.07) is 4.03. The zero-order valence-corrected chi connectivity index (χ0v) is 10.3. The first-order valence-electron chi connectivity index (χ1n) is 4.83. The first kappa shape index (κ1) is 14.8. The lowest BCUT2D eigenvalue weighted by molar-refractivity contribution is 0.470. The molecule has 0 aliphatic rings. The van der Waals surface area contributed by atoms with Crippen LogP contribution < -0.4 is 5.73 Å². The van der Waals surface area contributed by atoms with Crippen molar-refractivity contribution in [2.75, 3.05) is 18.8 Å². The SMILES string of the molecule is N#CCN(CC#N)S(=O)(=O)c1cc(N)c(F)cc1F. The molecule has 19 heavy (non-hydrogen) atoms. The number of nitrogen functional groups attached to an aromatic ring is 1. The second kappa shape index (κ2) is 5.61. The molecule has 0 bridgehead atoms. The van der Waals surface area contributed by atoms with E-state index in [4.69, 9.17) is 16.3 Å². The van der Waals surface area contributed by atoms with Crippen LogP contribution in [0, 0.1) is 34.3 Å². The number of nitrogens with two attached hydrogens (primary N) is 1. The molecule has 0 saturated carbocycles. The Morgan fingerprint density at radius 1 is 1.16 bits per heavy atom. The summed E-state index contributed by atoms with van der Waals surface area (Å²) in [6.07, 6.45) is 0. The third-order valence-corrected chi connectivity index (χ3v) is 3.97. The second-order valence-electron chi connectivity index (χ2n) is 3.39. The molecule has 0 atom stereocenters. The van der Waals surface area contributed by atoms with Crippen molar-refractivity contribution < 1.29 is 17.2 Å². The number of benzene rings is 1. The van der Waals surface area contributed by atoms with Gasteiger partial charge < -0.3 is 5.73 Å². The van der Waals surface area contributed by atoms with Crippen LogP contribution in [0.1, 0.15) is 0 Å². The van der Waals surface area contributed by atoms with Crippen LogP contribution in [0.3, 0.4) is 0 Å². The third-order valence-electron chi connectivity index (χ3n) is 2.16. The van der Waals surface area contributed by atoms with Crippen molar-refractivity contribution in [1.82, 2.24) is 4.31 Å². The highest BCUT2D eigenvalue weighted by Crippen LogP contribution is 2.23. The quantitative estimate of drug-likeness (QED) is 0.643. The first-order valence-corrected chi connectivity index (χ1v) is 6.27. The first-order chi connectivity index (χ1) is 8.84. The van der Waals surface area contributed by atoms with E-state index in [2.05, 4.69) is 0 Å². The Labute approximate surface area is 108 Å². The Morgan fingerprint density at radius 2 is 1.68 bits per heavy atom. The molecule has 0 aromatic heterocycles. The van der Waals surface area contributed by atoms with Gasteiger partial charge in [0.2, 0.25) is 10.0 Å².